The summed E-state index contributed by atoms with van der Waals surface area (Å²) in [6, 6.07) is 7.55. The molecule has 1 amide bonds. The van der Waals surface area contributed by atoms with Crippen LogP contribution in [0.5, 0.6) is 11.6 Å². The maximum Gasteiger partial charge on any atom is 0.278 e. The summed E-state index contributed by atoms with van der Waals surface area (Å²) in [7, 11) is 1.62. The number of benzene rings is 1. The van der Waals surface area contributed by atoms with E-state index in [1.807, 2.05) is 24.3 Å². The third kappa shape index (κ3) is 4.06. The summed E-state index contributed by atoms with van der Waals surface area (Å²) in [6.07, 6.45) is 0. The van der Waals surface area contributed by atoms with Gasteiger partial charge in [0.2, 0.25) is 5.91 Å². The maximum absolute atomic E-state index is 12.5. The molecular weight excluding hydrogens is 326 g/mol. The first-order valence-electron chi connectivity index (χ1n) is 8.01. The number of aryl methyl sites for hydroxylation is 1. The highest BCUT2D eigenvalue weighted by atomic mass is 16.6. The van der Waals surface area contributed by atoms with E-state index < -0.39 is 0 Å². The van der Waals surface area contributed by atoms with Gasteiger partial charge < -0.3 is 14.8 Å². The average molecular weight is 347 g/mol. The van der Waals surface area contributed by atoms with Crippen LogP contribution in [0.4, 0.5) is 0 Å². The van der Waals surface area contributed by atoms with E-state index in [4.69, 9.17) is 9.47 Å². The van der Waals surface area contributed by atoms with Crippen molar-refractivity contribution in [3.63, 3.8) is 0 Å². The molecular formula is C16H21N5O4. The normalized spacial score (nSPS) is 19.6. The number of ether oxygens (including phenoxy) is 2. The molecule has 0 aliphatic carbocycles. The van der Waals surface area contributed by atoms with E-state index in [0.29, 0.717) is 24.7 Å². The first-order valence-corrected chi connectivity index (χ1v) is 8.01. The van der Waals surface area contributed by atoms with Gasteiger partial charge in [0.25, 0.3) is 5.88 Å². The fraction of sp³-hybridized carbons (Fsp3) is 0.438. The molecule has 0 radical (unpaired) electrons. The average Bonchev–Trinajstić information content (AvgIpc) is 3.28. The molecule has 9 nitrogen and oxygen atoms in total. The van der Waals surface area contributed by atoms with Gasteiger partial charge in [-0.2, -0.15) is 0 Å². The second-order valence-corrected chi connectivity index (χ2v) is 5.68. The number of methoxy groups -OCH3 is 1. The van der Waals surface area contributed by atoms with Crippen molar-refractivity contribution in [2.24, 2.45) is 5.92 Å². The van der Waals surface area contributed by atoms with E-state index in [1.54, 1.807) is 14.0 Å². The first-order chi connectivity index (χ1) is 12.2. The van der Waals surface area contributed by atoms with Crippen LogP contribution in [-0.4, -0.2) is 43.0 Å². The number of nitrogens with one attached hydrogen (secondary N) is 3. The van der Waals surface area contributed by atoms with Gasteiger partial charge in [0, 0.05) is 6.54 Å². The molecule has 1 aromatic heterocycles. The van der Waals surface area contributed by atoms with Crippen LogP contribution in [0.2, 0.25) is 0 Å². The molecule has 0 saturated carbocycles. The van der Waals surface area contributed by atoms with Crippen molar-refractivity contribution < 1.29 is 18.9 Å². The maximum atomic E-state index is 12.5. The van der Waals surface area contributed by atoms with Gasteiger partial charge in [0.05, 0.1) is 25.6 Å². The van der Waals surface area contributed by atoms with E-state index in [0.717, 1.165) is 11.3 Å². The molecule has 1 aliphatic rings. The predicted molar refractivity (Wildman–Crippen MR) is 87.9 cm³/mol. The SMILES string of the molecule is COc1cccc(C2NNCC2C(=O)NCCOc2nonc2C)c1. The molecule has 2 heterocycles. The number of carbonyl (C=O) groups excluding carboxylic acids is 1. The second kappa shape index (κ2) is 7.95. The minimum absolute atomic E-state index is 0.0519. The Kier molecular flexibility index (Phi) is 5.46. The molecule has 1 aliphatic heterocycles. The van der Waals surface area contributed by atoms with E-state index >= 15 is 0 Å². The van der Waals surface area contributed by atoms with Crippen LogP contribution in [0.15, 0.2) is 28.9 Å². The van der Waals surface area contributed by atoms with Gasteiger partial charge >= 0.3 is 0 Å². The van der Waals surface area contributed by atoms with E-state index in [9.17, 15) is 4.79 Å². The Hall–Kier alpha value is -2.65. The topological polar surface area (TPSA) is 111 Å². The molecule has 25 heavy (non-hydrogen) atoms. The lowest BCUT2D eigenvalue weighted by Crippen LogP contribution is -2.37. The molecule has 9 heteroatoms. The Balaban J connectivity index is 1.53. The lowest BCUT2D eigenvalue weighted by atomic mass is 9.94. The standard InChI is InChI=1S/C16H21N5O4/c1-10-16(21-25-20-10)24-7-6-17-15(22)13-9-18-19-14(13)11-4-3-5-12(8-11)23-2/h3-5,8,13-14,18-19H,6-7,9H2,1-2H3,(H,17,22). The largest absolute Gasteiger partial charge is 0.497 e. The van der Waals surface area contributed by atoms with E-state index in [-0.39, 0.29) is 24.5 Å². The first kappa shape index (κ1) is 17.2. The van der Waals surface area contributed by atoms with Crippen LogP contribution in [0.25, 0.3) is 0 Å². The third-order valence-corrected chi connectivity index (χ3v) is 4.02. The summed E-state index contributed by atoms with van der Waals surface area (Å²) < 4.78 is 15.2. The number of nitrogens with zero attached hydrogens (tertiary/aromatic N) is 2. The van der Waals surface area contributed by atoms with Gasteiger partial charge in [-0.1, -0.05) is 17.3 Å². The van der Waals surface area contributed by atoms with Gasteiger partial charge in [0.15, 0.2) is 0 Å². The van der Waals surface area contributed by atoms with Crippen molar-refractivity contribution in [2.45, 2.75) is 13.0 Å². The lowest BCUT2D eigenvalue weighted by molar-refractivity contribution is -0.125. The van der Waals surface area contributed by atoms with Crippen LogP contribution in [0.1, 0.15) is 17.3 Å². The van der Waals surface area contributed by atoms with Crippen molar-refractivity contribution in [1.82, 2.24) is 26.5 Å². The van der Waals surface area contributed by atoms with Crippen LogP contribution in [0, 0.1) is 12.8 Å². The smallest absolute Gasteiger partial charge is 0.278 e. The highest BCUT2D eigenvalue weighted by molar-refractivity contribution is 5.80. The Morgan fingerprint density at radius 3 is 3.08 bits per heavy atom. The summed E-state index contributed by atoms with van der Waals surface area (Å²) in [4.78, 5) is 12.5. The summed E-state index contributed by atoms with van der Waals surface area (Å²) in [5.41, 5.74) is 7.76. The molecule has 1 fully saturated rings. The van der Waals surface area contributed by atoms with Crippen LogP contribution in [0.3, 0.4) is 0 Å². The minimum atomic E-state index is -0.234. The van der Waals surface area contributed by atoms with Gasteiger partial charge in [-0.05, 0) is 29.8 Å². The number of carbonyl (C=O) groups is 1. The molecule has 2 unspecified atom stereocenters. The van der Waals surface area contributed by atoms with E-state index in [1.165, 1.54) is 0 Å². The monoisotopic (exact) mass is 347 g/mol. The number of hydrogen-bond acceptors (Lipinski definition) is 8. The fourth-order valence-electron chi connectivity index (χ4n) is 2.70. The fourth-order valence-corrected chi connectivity index (χ4v) is 2.70. The number of rotatable bonds is 7. The third-order valence-electron chi connectivity index (χ3n) is 4.02. The Labute approximate surface area is 145 Å². The van der Waals surface area contributed by atoms with E-state index in [2.05, 4.69) is 31.1 Å². The quantitative estimate of drug-likeness (QED) is 0.615. The summed E-state index contributed by atoms with van der Waals surface area (Å²) in [6.45, 7) is 2.94. The highest BCUT2D eigenvalue weighted by Crippen LogP contribution is 2.27. The van der Waals surface area contributed by atoms with Gasteiger partial charge in [0.1, 0.15) is 18.1 Å². The van der Waals surface area contributed by atoms with Crippen molar-refractivity contribution >= 4 is 5.91 Å². The number of hydrogen-bond donors (Lipinski definition) is 3. The molecule has 1 aromatic carbocycles. The predicted octanol–water partition coefficient (Wildman–Crippen LogP) is 0.347. The van der Waals surface area contributed by atoms with Crippen molar-refractivity contribution in [3.05, 3.63) is 35.5 Å². The minimum Gasteiger partial charge on any atom is -0.497 e. The number of aromatic nitrogens is 2. The van der Waals surface area contributed by atoms with Gasteiger partial charge in [-0.3, -0.25) is 10.2 Å². The molecule has 0 bridgehead atoms. The Morgan fingerprint density at radius 1 is 1.44 bits per heavy atom. The second-order valence-electron chi connectivity index (χ2n) is 5.68. The molecule has 2 atom stereocenters. The summed E-state index contributed by atoms with van der Waals surface area (Å²) >= 11 is 0. The lowest BCUT2D eigenvalue weighted by Gasteiger charge is -2.19. The molecule has 3 rings (SSSR count). The molecule has 2 aromatic rings. The molecule has 0 spiro atoms. The zero-order chi connectivity index (χ0) is 17.6. The molecule has 134 valence electrons. The molecule has 3 N–H and O–H groups in total. The van der Waals surface area contributed by atoms with Crippen molar-refractivity contribution in [3.8, 4) is 11.6 Å². The van der Waals surface area contributed by atoms with Gasteiger partial charge in [-0.25, -0.2) is 10.1 Å². The zero-order valence-corrected chi connectivity index (χ0v) is 14.1. The van der Waals surface area contributed by atoms with Crippen LogP contribution in [-0.2, 0) is 4.79 Å². The van der Waals surface area contributed by atoms with Crippen LogP contribution >= 0.6 is 0 Å². The Morgan fingerprint density at radius 2 is 2.32 bits per heavy atom. The van der Waals surface area contributed by atoms with Crippen molar-refractivity contribution in [2.75, 3.05) is 26.8 Å². The van der Waals surface area contributed by atoms with Gasteiger partial charge in [-0.15, -0.1) is 0 Å². The van der Waals surface area contributed by atoms with Crippen LogP contribution < -0.4 is 25.6 Å². The van der Waals surface area contributed by atoms with Crippen molar-refractivity contribution in [1.29, 1.82) is 0 Å². The number of amides is 1. The Bertz CT molecular complexity index is 720. The number of hydrazine groups is 1. The zero-order valence-electron chi connectivity index (χ0n) is 14.1. The molecule has 1 saturated heterocycles. The highest BCUT2D eigenvalue weighted by Gasteiger charge is 2.33. The summed E-state index contributed by atoms with van der Waals surface area (Å²) in [5, 5.41) is 10.1. The summed E-state index contributed by atoms with van der Waals surface area (Å²) in [5.74, 6) is 0.814.